The van der Waals surface area contributed by atoms with Gasteiger partial charge in [0.15, 0.2) is 12.1 Å². The second-order valence-corrected chi connectivity index (χ2v) is 17.4. The summed E-state index contributed by atoms with van der Waals surface area (Å²) in [5.74, 6) is 4.40. The molecule has 6 aromatic rings. The maximum atomic E-state index is 17.5. The number of pyridine rings is 2. The summed E-state index contributed by atoms with van der Waals surface area (Å²) in [7, 11) is 3.35. The van der Waals surface area contributed by atoms with Crippen LogP contribution in [0, 0.1) is 23.7 Å². The number of halogens is 1. The number of methoxy groups -OCH3 is 2. The van der Waals surface area contributed by atoms with Crippen molar-refractivity contribution < 1.29 is 28.1 Å². The fourth-order valence-electron chi connectivity index (χ4n) is 11.4. The van der Waals surface area contributed by atoms with Gasteiger partial charge in [0.2, 0.25) is 11.8 Å². The van der Waals surface area contributed by atoms with Crippen molar-refractivity contribution in [3.05, 3.63) is 96.3 Å². The number of ether oxygens (including phenoxy) is 4. The first-order valence-corrected chi connectivity index (χ1v) is 21.6. The Bertz CT molecular complexity index is 2500. The predicted octanol–water partition coefficient (Wildman–Crippen LogP) is 9.62. The van der Waals surface area contributed by atoms with Gasteiger partial charge >= 0.3 is 0 Å². The van der Waals surface area contributed by atoms with Gasteiger partial charge in [0, 0.05) is 59.6 Å². The van der Waals surface area contributed by atoms with Gasteiger partial charge in [-0.2, -0.15) is 0 Å². The third-order valence-electron chi connectivity index (χ3n) is 14.6. The van der Waals surface area contributed by atoms with Gasteiger partial charge in [0.05, 0.1) is 42.1 Å². The van der Waals surface area contributed by atoms with E-state index >= 15 is 4.48 Å². The molecule has 0 aliphatic carbocycles. The standard InChI is InChI=1S/C48H54FN6O4/c1-5-29-27-54-21-17-31(29)23-43(54)45(35-15-19-50-41-13-11-33(56-3)25-39(35)41)58-47-37-9-7-8-10-38(37)48(53-52-47)59-46(44-24-32-18-22-55(44,49)28-30(32)6-2)36-16-20-51-42-14-12-34(57-4)26-40(36)42/h7-16,19-20,25-26,29-32,43-46H,5-6,17-18,21-24,27-28H2,1-4H3/q+1/t29?,30?,31?,32?,43?,44?,45-,46-,55?/m0/s1. The molecule has 59 heavy (non-hydrogen) atoms. The number of hydrogen-bond acceptors (Lipinski definition) is 9. The number of benzene rings is 3. The maximum absolute atomic E-state index is 17.5. The number of piperidine rings is 6. The van der Waals surface area contributed by atoms with Crippen LogP contribution in [0.1, 0.15) is 75.7 Å². The molecule has 3 aromatic carbocycles. The molecule has 0 spiro atoms. The minimum Gasteiger partial charge on any atom is -0.497 e. The van der Waals surface area contributed by atoms with Crippen molar-refractivity contribution in [1.82, 2.24) is 25.1 Å². The van der Waals surface area contributed by atoms with E-state index in [1.807, 2.05) is 66.9 Å². The minimum absolute atomic E-state index is 0.137. The summed E-state index contributed by atoms with van der Waals surface area (Å²) >= 11 is 0. The predicted molar refractivity (Wildman–Crippen MR) is 226 cm³/mol. The van der Waals surface area contributed by atoms with E-state index in [4.69, 9.17) is 34.1 Å². The topological polar surface area (TPSA) is 91.7 Å². The van der Waals surface area contributed by atoms with Crippen LogP contribution in [-0.2, 0) is 0 Å². The zero-order valence-electron chi connectivity index (χ0n) is 34.5. The normalized spacial score (nSPS) is 28.5. The van der Waals surface area contributed by atoms with E-state index in [0.29, 0.717) is 54.3 Å². The molecule has 12 rings (SSSR count). The number of quaternary nitrogens is 1. The molecule has 6 aliphatic rings. The molecule has 6 saturated heterocycles. The molecular weight excluding hydrogens is 744 g/mol. The van der Waals surface area contributed by atoms with E-state index < -0.39 is 16.9 Å². The molecule has 3 aromatic heterocycles. The largest absolute Gasteiger partial charge is 0.497 e. The Morgan fingerprint density at radius 1 is 0.712 bits per heavy atom. The summed E-state index contributed by atoms with van der Waals surface area (Å²) < 4.78 is 42.7. The molecule has 0 N–H and O–H groups in total. The van der Waals surface area contributed by atoms with E-state index in [1.165, 1.54) is 12.8 Å². The van der Waals surface area contributed by atoms with Crippen LogP contribution >= 0.6 is 0 Å². The molecule has 8 unspecified atom stereocenters. The summed E-state index contributed by atoms with van der Waals surface area (Å²) in [5.41, 5.74) is 3.60. The van der Waals surface area contributed by atoms with Crippen LogP contribution in [0.4, 0.5) is 4.48 Å². The third-order valence-corrected chi connectivity index (χ3v) is 14.6. The van der Waals surface area contributed by atoms with E-state index in [0.717, 1.165) is 88.2 Å². The van der Waals surface area contributed by atoms with Gasteiger partial charge in [-0.3, -0.25) is 14.9 Å². The highest BCUT2D eigenvalue weighted by molar-refractivity contribution is 5.91. The fraction of sp³-hybridized carbons (Fsp3) is 0.458. The van der Waals surface area contributed by atoms with Crippen molar-refractivity contribution in [2.45, 2.75) is 76.7 Å². The summed E-state index contributed by atoms with van der Waals surface area (Å²) in [6.45, 7) is 7.58. The summed E-state index contributed by atoms with van der Waals surface area (Å²) in [6.07, 6.45) is 8.68. The Kier molecular flexibility index (Phi) is 9.99. The first kappa shape index (κ1) is 38.1. The van der Waals surface area contributed by atoms with Crippen molar-refractivity contribution >= 4 is 32.6 Å². The Balaban J connectivity index is 1.07. The van der Waals surface area contributed by atoms with Crippen LogP contribution < -0.4 is 18.9 Å². The maximum Gasteiger partial charge on any atom is 0.242 e. The highest BCUT2D eigenvalue weighted by atomic mass is 19.2. The molecule has 306 valence electrons. The van der Waals surface area contributed by atoms with Crippen LogP contribution in [0.3, 0.4) is 0 Å². The minimum atomic E-state index is -0.661. The van der Waals surface area contributed by atoms with Crippen molar-refractivity contribution in [1.29, 1.82) is 0 Å². The average Bonchev–Trinajstić information content (AvgIpc) is 3.29. The molecule has 0 radical (unpaired) electrons. The fourth-order valence-corrected chi connectivity index (χ4v) is 11.4. The molecule has 6 aliphatic heterocycles. The summed E-state index contributed by atoms with van der Waals surface area (Å²) in [6, 6.07) is 23.7. The monoisotopic (exact) mass is 797 g/mol. The zero-order valence-corrected chi connectivity index (χ0v) is 34.5. The molecule has 10 nitrogen and oxygen atoms in total. The Hall–Kier alpha value is -5.13. The van der Waals surface area contributed by atoms with Crippen LogP contribution in [-0.4, -0.2) is 82.3 Å². The number of hydrogen-bond donors (Lipinski definition) is 0. The average molecular weight is 798 g/mol. The molecule has 11 heteroatoms. The smallest absolute Gasteiger partial charge is 0.242 e. The van der Waals surface area contributed by atoms with Gasteiger partial charge in [-0.15, -0.1) is 14.9 Å². The van der Waals surface area contributed by atoms with Gasteiger partial charge < -0.3 is 18.9 Å². The van der Waals surface area contributed by atoms with Crippen LogP contribution in [0.2, 0.25) is 0 Å². The summed E-state index contributed by atoms with van der Waals surface area (Å²) in [4.78, 5) is 12.0. The quantitative estimate of drug-likeness (QED) is 0.112. The van der Waals surface area contributed by atoms with Gasteiger partial charge in [-0.25, -0.2) is 0 Å². The molecule has 6 fully saturated rings. The van der Waals surface area contributed by atoms with E-state index in [9.17, 15) is 0 Å². The molecule has 9 heterocycles. The first-order chi connectivity index (χ1) is 28.9. The van der Waals surface area contributed by atoms with Gasteiger partial charge in [-0.05, 0) is 109 Å². The van der Waals surface area contributed by atoms with Crippen molar-refractivity contribution in [3.8, 4) is 23.3 Å². The van der Waals surface area contributed by atoms with E-state index in [2.05, 4.69) is 35.9 Å². The van der Waals surface area contributed by atoms with Crippen molar-refractivity contribution in [2.75, 3.05) is 40.4 Å². The molecule has 0 saturated carbocycles. The van der Waals surface area contributed by atoms with Crippen LogP contribution in [0.5, 0.6) is 23.3 Å². The number of rotatable bonds is 12. The number of aromatic nitrogens is 4. The Morgan fingerprint density at radius 3 is 1.86 bits per heavy atom. The van der Waals surface area contributed by atoms with Gasteiger partial charge in [-0.1, -0.05) is 32.4 Å². The zero-order chi connectivity index (χ0) is 40.3. The second kappa shape index (κ2) is 15.5. The highest BCUT2D eigenvalue weighted by Gasteiger charge is 2.57. The lowest BCUT2D eigenvalue weighted by Gasteiger charge is -2.52. The summed E-state index contributed by atoms with van der Waals surface area (Å²) in [5, 5.41) is 13.1. The van der Waals surface area contributed by atoms with Crippen LogP contribution in [0.25, 0.3) is 32.6 Å². The van der Waals surface area contributed by atoms with Crippen molar-refractivity contribution in [3.63, 3.8) is 0 Å². The highest BCUT2D eigenvalue weighted by Crippen LogP contribution is 2.50. The van der Waals surface area contributed by atoms with Crippen LogP contribution in [0.15, 0.2) is 85.2 Å². The molecule has 4 bridgehead atoms. The lowest BCUT2D eigenvalue weighted by Crippen LogP contribution is -2.64. The Labute approximate surface area is 345 Å². The van der Waals surface area contributed by atoms with Crippen molar-refractivity contribution in [2.24, 2.45) is 23.7 Å². The molecule has 0 amide bonds. The first-order valence-electron chi connectivity index (χ1n) is 21.6. The molecular formula is C48H54FN6O4+. The molecule has 10 atom stereocenters. The lowest BCUT2D eigenvalue weighted by molar-refractivity contribution is -1.09. The third kappa shape index (κ3) is 6.70. The number of fused-ring (bicyclic) bond motifs is 9. The lowest BCUT2D eigenvalue weighted by atomic mass is 9.72. The number of nitrogens with zero attached hydrogens (tertiary/aromatic N) is 6. The van der Waals surface area contributed by atoms with E-state index in [-0.39, 0.29) is 12.1 Å². The van der Waals surface area contributed by atoms with Gasteiger partial charge in [0.25, 0.3) is 0 Å². The SMILES string of the molecule is CCC1CN2CCC1CC2[C@@H](Oc1nnc(O[C@@H](c2ccnc3ccc(OC)cc23)C2CC3CC[N+]2(F)CC3CC)c2ccccc12)c1ccnc2ccc(OC)cc12. The van der Waals surface area contributed by atoms with Gasteiger partial charge in [0.1, 0.15) is 30.7 Å². The Morgan fingerprint density at radius 2 is 1.31 bits per heavy atom. The van der Waals surface area contributed by atoms with E-state index in [1.54, 1.807) is 20.4 Å². The second-order valence-electron chi connectivity index (χ2n) is 17.4.